The molecule has 5 aromatic carbocycles. The van der Waals surface area contributed by atoms with E-state index in [4.69, 9.17) is 17.2 Å². The number of nitrogens with zero attached hydrogens (tertiary/aromatic N) is 1. The third-order valence-corrected chi connectivity index (χ3v) is 10.4. The van der Waals surface area contributed by atoms with Crippen LogP contribution < -0.4 is 38.5 Å². The third-order valence-electron chi connectivity index (χ3n) is 9.67. The fraction of sp³-hybridized carbons (Fsp3) is 0.244. The lowest BCUT2D eigenvalue weighted by molar-refractivity contribution is -0.134. The lowest BCUT2D eigenvalue weighted by Gasteiger charge is -2.26. The van der Waals surface area contributed by atoms with Crippen LogP contribution in [0, 0.1) is 3.57 Å². The first kappa shape index (κ1) is 43.8. The SMILES string of the molecule is CC(=O)N[C@@H](Cc1ccc(-c2ccccc2)cc1)C(=O)N[C@@H](CCCN=C(N)N)C(=O)N[C@H](Cc1ccc(I)cc1)C(=O)N[C@H](Cc1ccc2ccccc2c1)C(N)=O. The Labute approximate surface area is 357 Å². The largest absolute Gasteiger partial charge is 0.370 e. The minimum Gasteiger partial charge on any atom is -0.370 e. The second-order valence-corrected chi connectivity index (χ2v) is 15.5. The predicted octanol–water partition coefficient (Wildman–Crippen LogP) is 3.64. The molecule has 0 aromatic heterocycles. The number of aliphatic imine (C=N–C) groups is 1. The Balaban J connectivity index is 1.36. The number of guanidine groups is 1. The summed E-state index contributed by atoms with van der Waals surface area (Å²) in [6.07, 6.45) is 0.728. The highest BCUT2D eigenvalue weighted by molar-refractivity contribution is 14.1. The number of amides is 5. The van der Waals surface area contributed by atoms with Gasteiger partial charge in [0.05, 0.1) is 0 Å². The van der Waals surface area contributed by atoms with Crippen molar-refractivity contribution in [2.24, 2.45) is 22.2 Å². The van der Waals surface area contributed by atoms with Gasteiger partial charge in [0.1, 0.15) is 24.2 Å². The molecule has 5 amide bonds. The maximum Gasteiger partial charge on any atom is 0.243 e. The van der Waals surface area contributed by atoms with E-state index in [0.29, 0.717) is 6.42 Å². The highest BCUT2D eigenvalue weighted by Crippen LogP contribution is 2.21. The van der Waals surface area contributed by atoms with Crippen molar-refractivity contribution in [1.82, 2.24) is 21.3 Å². The van der Waals surface area contributed by atoms with Gasteiger partial charge in [-0.3, -0.25) is 29.0 Å². The Morgan fingerprint density at radius 2 is 1.05 bits per heavy atom. The summed E-state index contributed by atoms with van der Waals surface area (Å²) in [6, 6.07) is 34.0. The van der Waals surface area contributed by atoms with Gasteiger partial charge in [-0.1, -0.05) is 109 Å². The molecule has 5 aromatic rings. The number of primary amides is 1. The molecule has 0 spiro atoms. The van der Waals surface area contributed by atoms with Crippen molar-refractivity contribution in [3.63, 3.8) is 0 Å². The van der Waals surface area contributed by atoms with Gasteiger partial charge in [-0.05, 0) is 86.2 Å². The van der Waals surface area contributed by atoms with Gasteiger partial charge in [-0.2, -0.15) is 0 Å². The first-order valence-corrected chi connectivity index (χ1v) is 20.3. The number of fused-ring (bicyclic) bond motifs is 1. The first-order chi connectivity index (χ1) is 28.3. The smallest absolute Gasteiger partial charge is 0.243 e. The van der Waals surface area contributed by atoms with E-state index in [2.05, 4.69) is 48.9 Å². The Morgan fingerprint density at radius 1 is 0.559 bits per heavy atom. The Bertz CT molecular complexity index is 2260. The molecule has 0 saturated heterocycles. The molecule has 10 N–H and O–H groups in total. The molecule has 0 aliphatic rings. The van der Waals surface area contributed by atoms with Crippen LogP contribution in [0.4, 0.5) is 0 Å². The van der Waals surface area contributed by atoms with Gasteiger partial charge in [-0.25, -0.2) is 0 Å². The van der Waals surface area contributed by atoms with Gasteiger partial charge in [0.15, 0.2) is 5.96 Å². The predicted molar refractivity (Wildman–Crippen MR) is 239 cm³/mol. The van der Waals surface area contributed by atoms with Crippen LogP contribution in [-0.4, -0.2) is 66.2 Å². The lowest BCUT2D eigenvalue weighted by Crippen LogP contribution is -2.59. The van der Waals surface area contributed by atoms with E-state index < -0.39 is 53.7 Å². The van der Waals surface area contributed by atoms with E-state index in [1.807, 2.05) is 121 Å². The van der Waals surface area contributed by atoms with E-state index >= 15 is 0 Å². The van der Waals surface area contributed by atoms with E-state index in [0.717, 1.165) is 42.2 Å². The zero-order valence-electron chi connectivity index (χ0n) is 32.7. The standard InChI is InChI=1S/C45H49IN8O5/c1-28(55)51-39(25-29-13-18-34(19-14-29)32-8-3-2-4-9-32)43(58)52-37(12-7-23-50-45(48)49)42(57)54-40(26-30-16-21-36(46)22-17-30)44(59)53-38(41(47)56)27-31-15-20-33-10-5-6-11-35(33)24-31/h2-6,8-11,13-22,24,37-40H,7,12,23,25-27H2,1H3,(H2,47,56)(H,51,55)(H,52,58)(H,53,59)(H,54,57)(H4,48,49,50)/t37-,38+,39-,40+/m0/s1. The van der Waals surface area contributed by atoms with Crippen LogP contribution in [0.25, 0.3) is 21.9 Å². The molecule has 0 heterocycles. The average Bonchev–Trinajstić information content (AvgIpc) is 3.22. The Hall–Kier alpha value is -6.29. The van der Waals surface area contributed by atoms with E-state index in [1.54, 1.807) is 0 Å². The van der Waals surface area contributed by atoms with Crippen LogP contribution in [0.15, 0.2) is 126 Å². The maximum absolute atomic E-state index is 14.2. The Kier molecular flexibility index (Phi) is 15.9. The van der Waals surface area contributed by atoms with Crippen LogP contribution in [-0.2, 0) is 43.2 Å². The number of nitrogens with one attached hydrogen (secondary N) is 4. The number of carbonyl (C=O) groups excluding carboxylic acids is 5. The van der Waals surface area contributed by atoms with E-state index in [1.165, 1.54) is 6.92 Å². The van der Waals surface area contributed by atoms with Crippen molar-refractivity contribution < 1.29 is 24.0 Å². The molecule has 0 fully saturated rings. The molecule has 4 atom stereocenters. The molecule has 14 heteroatoms. The van der Waals surface area contributed by atoms with Crippen LogP contribution >= 0.6 is 22.6 Å². The molecule has 5 rings (SSSR count). The second-order valence-electron chi connectivity index (χ2n) is 14.3. The van der Waals surface area contributed by atoms with Crippen molar-refractivity contribution in [3.05, 3.63) is 142 Å². The topological polar surface area (TPSA) is 224 Å². The Morgan fingerprint density at radius 3 is 1.66 bits per heavy atom. The van der Waals surface area contributed by atoms with Crippen LogP contribution in [0.3, 0.4) is 0 Å². The summed E-state index contributed by atoms with van der Waals surface area (Å²) in [5.74, 6) is -3.19. The van der Waals surface area contributed by atoms with E-state index in [9.17, 15) is 24.0 Å². The summed E-state index contributed by atoms with van der Waals surface area (Å²) in [4.78, 5) is 71.3. The minimum atomic E-state index is -1.17. The molecule has 59 heavy (non-hydrogen) atoms. The summed E-state index contributed by atoms with van der Waals surface area (Å²) in [6.45, 7) is 1.48. The number of halogens is 1. The van der Waals surface area contributed by atoms with Crippen molar-refractivity contribution >= 4 is 68.9 Å². The summed E-state index contributed by atoms with van der Waals surface area (Å²) in [5.41, 5.74) is 21.2. The summed E-state index contributed by atoms with van der Waals surface area (Å²) in [7, 11) is 0. The average molecular weight is 909 g/mol. The van der Waals surface area contributed by atoms with Crippen molar-refractivity contribution in [2.75, 3.05) is 6.54 Å². The monoisotopic (exact) mass is 908 g/mol. The third kappa shape index (κ3) is 13.7. The minimum absolute atomic E-state index is 0.0676. The number of carbonyl (C=O) groups is 5. The normalized spacial score (nSPS) is 12.9. The van der Waals surface area contributed by atoms with Gasteiger partial charge < -0.3 is 38.5 Å². The maximum atomic E-state index is 14.2. The number of benzene rings is 5. The van der Waals surface area contributed by atoms with Crippen molar-refractivity contribution in [1.29, 1.82) is 0 Å². The molecule has 0 radical (unpaired) electrons. The summed E-state index contributed by atoms with van der Waals surface area (Å²) < 4.78 is 0.977. The molecule has 13 nitrogen and oxygen atoms in total. The van der Waals surface area contributed by atoms with Gasteiger partial charge >= 0.3 is 0 Å². The van der Waals surface area contributed by atoms with E-state index in [-0.39, 0.29) is 38.2 Å². The summed E-state index contributed by atoms with van der Waals surface area (Å²) >= 11 is 2.17. The molecule has 0 aliphatic heterocycles. The molecular weight excluding hydrogens is 859 g/mol. The first-order valence-electron chi connectivity index (χ1n) is 19.2. The van der Waals surface area contributed by atoms with Crippen molar-refractivity contribution in [2.45, 2.75) is 63.2 Å². The fourth-order valence-corrected chi connectivity index (χ4v) is 6.99. The number of hydrogen-bond acceptors (Lipinski definition) is 6. The lowest BCUT2D eigenvalue weighted by atomic mass is 9.99. The molecule has 0 unspecified atom stereocenters. The number of hydrogen-bond donors (Lipinski definition) is 7. The molecule has 306 valence electrons. The van der Waals surface area contributed by atoms with Gasteiger partial charge in [0.25, 0.3) is 0 Å². The molecular formula is C45H49IN8O5. The highest BCUT2D eigenvalue weighted by atomic mass is 127. The quantitative estimate of drug-likeness (QED) is 0.0282. The fourth-order valence-electron chi connectivity index (χ4n) is 6.63. The van der Waals surface area contributed by atoms with Gasteiger partial charge in [0, 0.05) is 36.3 Å². The zero-order chi connectivity index (χ0) is 42.3. The molecule has 0 saturated carbocycles. The molecule has 0 aliphatic carbocycles. The zero-order valence-corrected chi connectivity index (χ0v) is 34.9. The van der Waals surface area contributed by atoms with Gasteiger partial charge in [-0.15, -0.1) is 0 Å². The highest BCUT2D eigenvalue weighted by Gasteiger charge is 2.31. The van der Waals surface area contributed by atoms with Crippen LogP contribution in [0.5, 0.6) is 0 Å². The number of nitrogens with two attached hydrogens (primary N) is 3. The summed E-state index contributed by atoms with van der Waals surface area (Å²) in [5, 5.41) is 13.1. The second kappa shape index (κ2) is 21.5. The van der Waals surface area contributed by atoms with Crippen LogP contribution in [0.2, 0.25) is 0 Å². The van der Waals surface area contributed by atoms with Crippen LogP contribution in [0.1, 0.15) is 36.5 Å². The van der Waals surface area contributed by atoms with Crippen molar-refractivity contribution in [3.8, 4) is 11.1 Å². The van der Waals surface area contributed by atoms with Gasteiger partial charge in [0.2, 0.25) is 29.5 Å². The molecule has 0 bridgehead atoms. The number of rotatable bonds is 19.